The third-order valence-electron chi connectivity index (χ3n) is 3.44. The average molecular weight is 257 g/mol. The molecule has 1 aromatic rings. The maximum absolute atomic E-state index is 12.3. The molecule has 0 saturated heterocycles. The molecular weight excluding hydrogens is 240 g/mol. The fourth-order valence-corrected chi connectivity index (χ4v) is 2.71. The maximum Gasteiger partial charge on any atom is 0.329 e. The smallest absolute Gasteiger partial charge is 0.297 e. The Balaban J connectivity index is 2.57. The Morgan fingerprint density at radius 3 is 2.59 bits per heavy atom. The summed E-state index contributed by atoms with van der Waals surface area (Å²) in [6.45, 7) is 5.87. The Kier molecular flexibility index (Phi) is 3.17. The second kappa shape index (κ2) is 4.33. The van der Waals surface area contributed by atoms with Gasteiger partial charge < -0.3 is 0 Å². The lowest BCUT2D eigenvalue weighted by molar-refractivity contribution is 0.579. The van der Waals surface area contributed by atoms with E-state index in [2.05, 4.69) is 11.9 Å². The van der Waals surface area contributed by atoms with Gasteiger partial charge in [-0.15, -0.1) is 0 Å². The van der Waals surface area contributed by atoms with Gasteiger partial charge in [0.25, 0.3) is 5.56 Å². The zero-order valence-electron chi connectivity index (χ0n) is 10.3. The Morgan fingerprint density at radius 1 is 1.47 bits per heavy atom. The van der Waals surface area contributed by atoms with Crippen LogP contribution in [0.2, 0.25) is 5.15 Å². The van der Waals surface area contributed by atoms with Gasteiger partial charge >= 0.3 is 5.69 Å². The highest BCUT2D eigenvalue weighted by Gasteiger charge is 2.39. The predicted octanol–water partition coefficient (Wildman–Crippen LogP) is 2.28. The van der Waals surface area contributed by atoms with Crippen LogP contribution in [0.3, 0.4) is 0 Å². The number of nitrogens with one attached hydrogen (secondary N) is 1. The number of H-pyrrole nitrogens is 1. The van der Waals surface area contributed by atoms with E-state index < -0.39 is 0 Å². The topological polar surface area (TPSA) is 54.9 Å². The van der Waals surface area contributed by atoms with Crippen molar-refractivity contribution in [3.63, 3.8) is 0 Å². The number of halogens is 1. The van der Waals surface area contributed by atoms with Gasteiger partial charge in [0, 0.05) is 6.04 Å². The van der Waals surface area contributed by atoms with Gasteiger partial charge in [0.2, 0.25) is 0 Å². The molecule has 1 aliphatic carbocycles. The van der Waals surface area contributed by atoms with Crippen LogP contribution in [-0.2, 0) is 0 Å². The Morgan fingerprint density at radius 2 is 2.12 bits per heavy atom. The van der Waals surface area contributed by atoms with E-state index in [4.69, 9.17) is 11.6 Å². The van der Waals surface area contributed by atoms with Crippen molar-refractivity contribution >= 4 is 11.6 Å². The van der Waals surface area contributed by atoms with Gasteiger partial charge in [-0.3, -0.25) is 14.3 Å². The molecule has 94 valence electrons. The lowest BCUT2D eigenvalue weighted by Crippen LogP contribution is -2.37. The summed E-state index contributed by atoms with van der Waals surface area (Å²) in [4.78, 5) is 26.6. The fourth-order valence-electron chi connectivity index (χ4n) is 2.33. The molecule has 1 heterocycles. The van der Waals surface area contributed by atoms with Gasteiger partial charge in [0.1, 0.15) is 5.15 Å². The minimum atomic E-state index is -0.384. The normalized spacial score (nSPS) is 23.1. The lowest BCUT2D eigenvalue weighted by atomic mass is 10.1. The van der Waals surface area contributed by atoms with Gasteiger partial charge in [0.05, 0.1) is 5.56 Å². The largest absolute Gasteiger partial charge is 0.329 e. The van der Waals surface area contributed by atoms with Crippen molar-refractivity contribution in [2.75, 3.05) is 0 Å². The van der Waals surface area contributed by atoms with E-state index >= 15 is 0 Å². The molecular formula is C12H17ClN2O2. The molecule has 2 atom stereocenters. The number of rotatable bonds is 3. The summed E-state index contributed by atoms with van der Waals surface area (Å²) in [6.07, 6.45) is 1.91. The number of nitrogens with zero attached hydrogens (tertiary/aromatic N) is 1. The van der Waals surface area contributed by atoms with Crippen LogP contribution in [0.25, 0.3) is 0 Å². The van der Waals surface area contributed by atoms with Crippen LogP contribution in [0.1, 0.15) is 51.1 Å². The molecule has 2 rings (SSSR count). The quantitative estimate of drug-likeness (QED) is 0.844. The maximum atomic E-state index is 12.3. The Hall–Kier alpha value is -1.03. The van der Waals surface area contributed by atoms with Gasteiger partial charge in [-0.2, -0.15) is 0 Å². The highest BCUT2D eigenvalue weighted by molar-refractivity contribution is 6.30. The predicted molar refractivity (Wildman–Crippen MR) is 67.9 cm³/mol. The molecule has 1 N–H and O–H groups in total. The van der Waals surface area contributed by atoms with Crippen LogP contribution in [0, 0.1) is 5.92 Å². The zero-order valence-corrected chi connectivity index (χ0v) is 11.0. The molecule has 1 fully saturated rings. The van der Waals surface area contributed by atoms with Gasteiger partial charge in [-0.05, 0) is 18.3 Å². The van der Waals surface area contributed by atoms with E-state index in [0.717, 1.165) is 12.8 Å². The molecule has 0 spiro atoms. The van der Waals surface area contributed by atoms with Crippen LogP contribution in [-0.4, -0.2) is 9.55 Å². The standard InChI is InChI=1S/C12H17ClN2O2/c1-4-7-5-8(7)15-11(16)9(6(2)3)10(13)14-12(15)17/h6-8H,4-5H2,1-3H3,(H,14,17). The van der Waals surface area contributed by atoms with Crippen molar-refractivity contribution in [1.29, 1.82) is 0 Å². The van der Waals surface area contributed by atoms with Crippen molar-refractivity contribution in [2.24, 2.45) is 5.92 Å². The number of hydrogen-bond donors (Lipinski definition) is 1. The van der Waals surface area contributed by atoms with Crippen LogP contribution < -0.4 is 11.2 Å². The van der Waals surface area contributed by atoms with E-state index in [9.17, 15) is 9.59 Å². The molecule has 0 radical (unpaired) electrons. The summed E-state index contributed by atoms with van der Waals surface area (Å²) in [6, 6.07) is 0.0611. The summed E-state index contributed by atoms with van der Waals surface area (Å²) in [5.74, 6) is 0.465. The first kappa shape index (κ1) is 12.4. The highest BCUT2D eigenvalue weighted by Crippen LogP contribution is 2.43. The summed E-state index contributed by atoms with van der Waals surface area (Å²) in [5.41, 5.74) is -0.104. The van der Waals surface area contributed by atoms with Gasteiger partial charge in [-0.1, -0.05) is 38.8 Å². The van der Waals surface area contributed by atoms with Crippen LogP contribution in [0.15, 0.2) is 9.59 Å². The molecule has 0 amide bonds. The lowest BCUT2D eigenvalue weighted by Gasteiger charge is -2.10. The summed E-state index contributed by atoms with van der Waals surface area (Å²) < 4.78 is 1.34. The van der Waals surface area contributed by atoms with Crippen LogP contribution in [0.4, 0.5) is 0 Å². The van der Waals surface area contributed by atoms with Gasteiger partial charge in [0.15, 0.2) is 0 Å². The van der Waals surface area contributed by atoms with Crippen molar-refractivity contribution in [1.82, 2.24) is 9.55 Å². The van der Waals surface area contributed by atoms with Gasteiger partial charge in [-0.25, -0.2) is 4.79 Å². The Bertz CT molecular complexity index is 544. The third kappa shape index (κ3) is 2.06. The molecule has 0 aliphatic heterocycles. The SMILES string of the molecule is CCC1CC1n1c(=O)[nH]c(Cl)c(C(C)C)c1=O. The molecule has 17 heavy (non-hydrogen) atoms. The second-order valence-electron chi connectivity index (χ2n) is 4.96. The van der Waals surface area contributed by atoms with Crippen molar-refractivity contribution in [3.05, 3.63) is 31.6 Å². The van der Waals surface area contributed by atoms with E-state index in [0.29, 0.717) is 11.5 Å². The zero-order chi connectivity index (χ0) is 12.7. The molecule has 0 aromatic carbocycles. The second-order valence-corrected chi connectivity index (χ2v) is 5.34. The summed E-state index contributed by atoms with van der Waals surface area (Å²) in [7, 11) is 0. The fraction of sp³-hybridized carbons (Fsp3) is 0.667. The first-order valence-electron chi connectivity index (χ1n) is 6.01. The third-order valence-corrected chi connectivity index (χ3v) is 3.74. The molecule has 1 aliphatic rings. The highest BCUT2D eigenvalue weighted by atomic mass is 35.5. The first-order valence-corrected chi connectivity index (χ1v) is 6.39. The summed E-state index contributed by atoms with van der Waals surface area (Å²) >= 11 is 5.93. The molecule has 1 saturated carbocycles. The number of aromatic nitrogens is 2. The van der Waals surface area contributed by atoms with Crippen molar-refractivity contribution < 1.29 is 0 Å². The number of aromatic amines is 1. The molecule has 1 aromatic heterocycles. The van der Waals surface area contributed by atoms with Crippen molar-refractivity contribution in [2.45, 2.75) is 45.6 Å². The average Bonchev–Trinajstić information content (AvgIpc) is 2.95. The molecule has 5 heteroatoms. The summed E-state index contributed by atoms with van der Waals surface area (Å²) in [5, 5.41) is 0.181. The van der Waals surface area contributed by atoms with Crippen LogP contribution >= 0.6 is 11.6 Å². The first-order chi connectivity index (χ1) is 7.97. The van der Waals surface area contributed by atoms with Crippen molar-refractivity contribution in [3.8, 4) is 0 Å². The Labute approximate surface area is 105 Å². The van der Waals surface area contributed by atoms with E-state index in [-0.39, 0.29) is 28.4 Å². The number of hydrogen-bond acceptors (Lipinski definition) is 2. The van der Waals surface area contributed by atoms with E-state index in [1.807, 2.05) is 13.8 Å². The molecule has 0 bridgehead atoms. The minimum absolute atomic E-state index is 0.0110. The minimum Gasteiger partial charge on any atom is -0.297 e. The molecule has 4 nitrogen and oxygen atoms in total. The molecule has 2 unspecified atom stereocenters. The monoisotopic (exact) mass is 256 g/mol. The van der Waals surface area contributed by atoms with E-state index in [1.54, 1.807) is 0 Å². The van der Waals surface area contributed by atoms with E-state index in [1.165, 1.54) is 4.57 Å². The van der Waals surface area contributed by atoms with Crippen LogP contribution in [0.5, 0.6) is 0 Å².